The predicted octanol–water partition coefficient (Wildman–Crippen LogP) is 4.41. The molecule has 0 bridgehead atoms. The number of aliphatic hydroxyl groups excluding tert-OH is 1. The highest BCUT2D eigenvalue weighted by Gasteiger charge is 2.20. The van der Waals surface area contributed by atoms with E-state index < -0.39 is 6.10 Å². The molecule has 29 heavy (non-hydrogen) atoms. The number of anilines is 1. The first-order valence-electron chi connectivity index (χ1n) is 8.92. The van der Waals surface area contributed by atoms with Gasteiger partial charge in [0, 0.05) is 43.4 Å². The van der Waals surface area contributed by atoms with E-state index >= 15 is 0 Å². The van der Waals surface area contributed by atoms with E-state index in [0.29, 0.717) is 22.3 Å². The minimum absolute atomic E-state index is 0. The highest BCUT2D eigenvalue weighted by Crippen LogP contribution is 2.27. The summed E-state index contributed by atoms with van der Waals surface area (Å²) in [7, 11) is 1.67. The number of aliphatic hydroxyl groups is 1. The molecule has 0 spiro atoms. The van der Waals surface area contributed by atoms with Gasteiger partial charge in [-0.25, -0.2) is 0 Å². The molecule has 0 aromatic heterocycles. The third kappa shape index (κ3) is 7.59. The Morgan fingerprint density at radius 3 is 2.24 bits per heavy atom. The fraction of sp³-hybridized carbons (Fsp3) is 0.400. The molecule has 2 aromatic rings. The summed E-state index contributed by atoms with van der Waals surface area (Å²) in [6.45, 7) is 4.39. The van der Waals surface area contributed by atoms with Gasteiger partial charge in [0.15, 0.2) is 0 Å². The van der Waals surface area contributed by atoms with E-state index in [-0.39, 0.29) is 31.4 Å². The van der Waals surface area contributed by atoms with Crippen molar-refractivity contribution in [2.75, 3.05) is 51.3 Å². The summed E-state index contributed by atoms with van der Waals surface area (Å²) in [5.41, 5.74) is 1.19. The lowest BCUT2D eigenvalue weighted by Crippen LogP contribution is -2.49. The SMILES string of the molecule is COc1ccc(N2CCN(CC(O)COc3ccc(Cl)cc3Cl)CC2)cc1.Cl.Cl. The molecule has 1 aliphatic rings. The van der Waals surface area contributed by atoms with Gasteiger partial charge in [0.05, 0.1) is 12.1 Å². The number of benzene rings is 2. The van der Waals surface area contributed by atoms with Crippen LogP contribution in [0.15, 0.2) is 42.5 Å². The molecule has 1 heterocycles. The van der Waals surface area contributed by atoms with Crippen LogP contribution in [0.4, 0.5) is 5.69 Å². The molecule has 5 nitrogen and oxygen atoms in total. The number of β-amino-alcohol motifs (C(OH)–C–C–N with tert-alkyl or cyclic N) is 1. The minimum Gasteiger partial charge on any atom is -0.497 e. The molecule has 0 saturated carbocycles. The molecule has 1 unspecified atom stereocenters. The van der Waals surface area contributed by atoms with Crippen molar-refractivity contribution in [2.24, 2.45) is 0 Å². The summed E-state index contributed by atoms with van der Waals surface area (Å²) >= 11 is 12.0. The van der Waals surface area contributed by atoms with Gasteiger partial charge in [0.25, 0.3) is 0 Å². The van der Waals surface area contributed by atoms with Crippen molar-refractivity contribution in [3.05, 3.63) is 52.5 Å². The molecule has 1 atom stereocenters. The molecular weight excluding hydrogens is 458 g/mol. The third-order valence-corrected chi connectivity index (χ3v) is 5.13. The molecule has 0 radical (unpaired) electrons. The van der Waals surface area contributed by atoms with Crippen LogP contribution >= 0.6 is 48.0 Å². The van der Waals surface area contributed by atoms with E-state index in [1.54, 1.807) is 25.3 Å². The van der Waals surface area contributed by atoms with Crippen LogP contribution in [0, 0.1) is 0 Å². The number of ether oxygens (including phenoxy) is 2. The quantitative estimate of drug-likeness (QED) is 0.631. The second-order valence-electron chi connectivity index (χ2n) is 6.53. The van der Waals surface area contributed by atoms with Gasteiger partial charge in [0.1, 0.15) is 24.2 Å². The van der Waals surface area contributed by atoms with Crippen molar-refractivity contribution in [1.82, 2.24) is 4.90 Å². The van der Waals surface area contributed by atoms with E-state index in [1.807, 2.05) is 12.1 Å². The van der Waals surface area contributed by atoms with Crippen LogP contribution in [0.1, 0.15) is 0 Å². The minimum atomic E-state index is -0.579. The van der Waals surface area contributed by atoms with Gasteiger partial charge in [-0.2, -0.15) is 0 Å². The molecule has 1 saturated heterocycles. The first-order chi connectivity index (χ1) is 13.0. The summed E-state index contributed by atoms with van der Waals surface area (Å²) < 4.78 is 10.8. The Hall–Kier alpha value is -1.08. The average Bonchev–Trinajstić information content (AvgIpc) is 2.68. The van der Waals surface area contributed by atoms with E-state index in [0.717, 1.165) is 31.9 Å². The molecule has 1 aliphatic heterocycles. The normalized spacial score (nSPS) is 15.1. The topological polar surface area (TPSA) is 45.2 Å². The van der Waals surface area contributed by atoms with E-state index in [9.17, 15) is 5.11 Å². The Kier molecular flexibility index (Phi) is 11.3. The van der Waals surface area contributed by atoms with E-state index in [1.165, 1.54) is 5.69 Å². The first kappa shape index (κ1) is 26.0. The molecular formula is C20H26Cl4N2O3. The van der Waals surface area contributed by atoms with Crippen molar-refractivity contribution in [3.63, 3.8) is 0 Å². The highest BCUT2D eigenvalue weighted by atomic mass is 35.5. The number of piperazine rings is 1. The highest BCUT2D eigenvalue weighted by molar-refractivity contribution is 6.35. The van der Waals surface area contributed by atoms with Gasteiger partial charge in [-0.15, -0.1) is 24.8 Å². The molecule has 0 aliphatic carbocycles. The lowest BCUT2D eigenvalue weighted by Gasteiger charge is -2.36. The van der Waals surface area contributed by atoms with Gasteiger partial charge < -0.3 is 19.5 Å². The van der Waals surface area contributed by atoms with Gasteiger partial charge in [-0.3, -0.25) is 4.90 Å². The number of rotatable bonds is 7. The maximum Gasteiger partial charge on any atom is 0.138 e. The van der Waals surface area contributed by atoms with Crippen LogP contribution in [-0.4, -0.2) is 62.6 Å². The number of hydrogen-bond acceptors (Lipinski definition) is 5. The van der Waals surface area contributed by atoms with Gasteiger partial charge in [-0.05, 0) is 42.5 Å². The Labute approximate surface area is 194 Å². The number of methoxy groups -OCH3 is 1. The van der Waals surface area contributed by atoms with Crippen LogP contribution in [0.3, 0.4) is 0 Å². The number of hydrogen-bond donors (Lipinski definition) is 1. The van der Waals surface area contributed by atoms with Crippen LogP contribution in [-0.2, 0) is 0 Å². The maximum atomic E-state index is 10.3. The summed E-state index contributed by atoms with van der Waals surface area (Å²) in [4.78, 5) is 4.59. The van der Waals surface area contributed by atoms with Crippen molar-refractivity contribution >= 4 is 53.7 Å². The summed E-state index contributed by atoms with van der Waals surface area (Å²) in [5.74, 6) is 1.39. The van der Waals surface area contributed by atoms with E-state index in [2.05, 4.69) is 21.9 Å². The fourth-order valence-corrected chi connectivity index (χ4v) is 3.57. The number of nitrogens with zero attached hydrogens (tertiary/aromatic N) is 2. The van der Waals surface area contributed by atoms with Crippen molar-refractivity contribution in [2.45, 2.75) is 6.10 Å². The molecule has 3 rings (SSSR count). The Bertz CT molecular complexity index is 741. The Balaban J connectivity index is 0.00000210. The largest absolute Gasteiger partial charge is 0.497 e. The van der Waals surface area contributed by atoms with Crippen molar-refractivity contribution < 1.29 is 14.6 Å². The van der Waals surface area contributed by atoms with Crippen LogP contribution in [0.5, 0.6) is 11.5 Å². The molecule has 2 aromatic carbocycles. The molecule has 162 valence electrons. The fourth-order valence-electron chi connectivity index (χ4n) is 3.11. The Morgan fingerprint density at radius 2 is 1.66 bits per heavy atom. The summed E-state index contributed by atoms with van der Waals surface area (Å²) in [6, 6.07) is 13.2. The van der Waals surface area contributed by atoms with Crippen LogP contribution in [0.25, 0.3) is 0 Å². The molecule has 0 amide bonds. The van der Waals surface area contributed by atoms with E-state index in [4.69, 9.17) is 32.7 Å². The molecule has 9 heteroatoms. The van der Waals surface area contributed by atoms with Gasteiger partial charge >= 0.3 is 0 Å². The third-order valence-electron chi connectivity index (χ3n) is 4.60. The van der Waals surface area contributed by atoms with Crippen LogP contribution < -0.4 is 14.4 Å². The van der Waals surface area contributed by atoms with Crippen molar-refractivity contribution in [3.8, 4) is 11.5 Å². The number of halogens is 4. The predicted molar refractivity (Wildman–Crippen MR) is 124 cm³/mol. The Morgan fingerprint density at radius 1 is 1.00 bits per heavy atom. The van der Waals surface area contributed by atoms with Crippen molar-refractivity contribution in [1.29, 1.82) is 0 Å². The summed E-state index contributed by atoms with van der Waals surface area (Å²) in [6.07, 6.45) is -0.579. The van der Waals surface area contributed by atoms with Gasteiger partial charge in [-0.1, -0.05) is 23.2 Å². The maximum absolute atomic E-state index is 10.3. The monoisotopic (exact) mass is 482 g/mol. The standard InChI is InChI=1S/C20H24Cl2N2O3.2ClH/c1-26-18-5-3-16(4-6-18)24-10-8-23(9-11-24)13-17(25)14-27-20-7-2-15(21)12-19(20)22;;/h2-7,12,17,25H,8-11,13-14H2,1H3;2*1H. The smallest absolute Gasteiger partial charge is 0.138 e. The second kappa shape index (κ2) is 12.6. The second-order valence-corrected chi connectivity index (χ2v) is 7.37. The summed E-state index contributed by atoms with van der Waals surface area (Å²) in [5, 5.41) is 11.3. The van der Waals surface area contributed by atoms with Crippen LogP contribution in [0.2, 0.25) is 10.0 Å². The van der Waals surface area contributed by atoms with Gasteiger partial charge in [0.2, 0.25) is 0 Å². The zero-order valence-electron chi connectivity index (χ0n) is 16.1. The molecule has 1 N–H and O–H groups in total. The zero-order valence-corrected chi connectivity index (χ0v) is 19.2. The lowest BCUT2D eigenvalue weighted by atomic mass is 10.2. The first-order valence-corrected chi connectivity index (χ1v) is 9.68. The zero-order chi connectivity index (χ0) is 19.2. The lowest BCUT2D eigenvalue weighted by molar-refractivity contribution is 0.0663. The molecule has 1 fully saturated rings. The average molecular weight is 484 g/mol.